The van der Waals surface area contributed by atoms with Crippen molar-refractivity contribution in [3.8, 4) is 0 Å². The number of hydrogen-bond acceptors (Lipinski definition) is 2. The van der Waals surface area contributed by atoms with Gasteiger partial charge in [0.05, 0.1) is 11.0 Å². The molecule has 0 fully saturated rings. The summed E-state index contributed by atoms with van der Waals surface area (Å²) in [5, 5.41) is 5.75. The standard InChI is InChI=1S/C12H16BrFN2O/c1-12(2,3)15-7-11(17)16-8-4-5-10(14)9(13)6-8/h4-6,15H,7H2,1-3H3,(H,16,17). The Balaban J connectivity index is 2.54. The average Bonchev–Trinajstić information content (AvgIpc) is 2.20. The molecule has 0 aliphatic carbocycles. The highest BCUT2D eigenvalue weighted by Gasteiger charge is 2.11. The lowest BCUT2D eigenvalue weighted by Gasteiger charge is -2.20. The van der Waals surface area contributed by atoms with Crippen LogP contribution in [0.15, 0.2) is 22.7 Å². The maximum Gasteiger partial charge on any atom is 0.238 e. The van der Waals surface area contributed by atoms with Gasteiger partial charge in [-0.2, -0.15) is 0 Å². The lowest BCUT2D eigenvalue weighted by Crippen LogP contribution is -2.41. The van der Waals surface area contributed by atoms with Crippen LogP contribution in [0.1, 0.15) is 20.8 Å². The fourth-order valence-electron chi connectivity index (χ4n) is 1.12. The van der Waals surface area contributed by atoms with Gasteiger partial charge in [-0.15, -0.1) is 0 Å². The van der Waals surface area contributed by atoms with Gasteiger partial charge in [-0.05, 0) is 54.9 Å². The Hall–Kier alpha value is -0.940. The summed E-state index contributed by atoms with van der Waals surface area (Å²) in [6.45, 7) is 6.16. The van der Waals surface area contributed by atoms with Gasteiger partial charge in [-0.25, -0.2) is 4.39 Å². The van der Waals surface area contributed by atoms with E-state index >= 15 is 0 Å². The van der Waals surface area contributed by atoms with Crippen molar-refractivity contribution in [2.24, 2.45) is 0 Å². The SMILES string of the molecule is CC(C)(C)NCC(=O)Nc1ccc(F)c(Br)c1. The summed E-state index contributed by atoms with van der Waals surface area (Å²) in [5.41, 5.74) is 0.458. The van der Waals surface area contributed by atoms with E-state index in [-0.39, 0.29) is 23.8 Å². The van der Waals surface area contributed by atoms with Crippen molar-refractivity contribution in [3.63, 3.8) is 0 Å². The zero-order chi connectivity index (χ0) is 13.1. The van der Waals surface area contributed by atoms with Crippen LogP contribution in [0.25, 0.3) is 0 Å². The van der Waals surface area contributed by atoms with Gasteiger partial charge < -0.3 is 10.6 Å². The molecule has 0 atom stereocenters. The monoisotopic (exact) mass is 302 g/mol. The number of rotatable bonds is 3. The predicted molar refractivity (Wildman–Crippen MR) is 70.5 cm³/mol. The lowest BCUT2D eigenvalue weighted by molar-refractivity contribution is -0.115. The van der Waals surface area contributed by atoms with Crippen LogP contribution in [-0.2, 0) is 4.79 Å². The van der Waals surface area contributed by atoms with Crippen molar-refractivity contribution in [2.45, 2.75) is 26.3 Å². The van der Waals surface area contributed by atoms with Gasteiger partial charge in [0, 0.05) is 11.2 Å². The Labute approximate surface area is 109 Å². The minimum atomic E-state index is -0.351. The predicted octanol–water partition coefficient (Wildman–Crippen LogP) is 2.91. The van der Waals surface area contributed by atoms with Crippen LogP contribution in [-0.4, -0.2) is 18.0 Å². The average molecular weight is 303 g/mol. The molecule has 0 aliphatic rings. The third kappa shape index (κ3) is 5.28. The molecule has 0 saturated carbocycles. The van der Waals surface area contributed by atoms with E-state index in [0.717, 1.165) is 0 Å². The van der Waals surface area contributed by atoms with Crippen molar-refractivity contribution < 1.29 is 9.18 Å². The smallest absolute Gasteiger partial charge is 0.238 e. The number of amides is 1. The van der Waals surface area contributed by atoms with Gasteiger partial charge in [0.2, 0.25) is 5.91 Å². The zero-order valence-corrected chi connectivity index (χ0v) is 11.7. The third-order valence-corrected chi connectivity index (χ3v) is 2.59. The van der Waals surface area contributed by atoms with E-state index in [1.54, 1.807) is 0 Å². The Bertz CT molecular complexity index is 415. The number of hydrogen-bond donors (Lipinski definition) is 2. The van der Waals surface area contributed by atoms with Crippen LogP contribution in [0, 0.1) is 5.82 Å². The molecule has 0 aromatic heterocycles. The van der Waals surface area contributed by atoms with Gasteiger partial charge in [0.1, 0.15) is 5.82 Å². The first-order chi connectivity index (χ1) is 7.78. The number of anilines is 1. The molecule has 0 unspecified atom stereocenters. The summed E-state index contributed by atoms with van der Waals surface area (Å²) < 4.78 is 13.3. The highest BCUT2D eigenvalue weighted by atomic mass is 79.9. The fourth-order valence-corrected chi connectivity index (χ4v) is 1.50. The maximum absolute atomic E-state index is 13.0. The van der Waals surface area contributed by atoms with E-state index in [1.165, 1.54) is 18.2 Å². The van der Waals surface area contributed by atoms with Gasteiger partial charge in [-0.3, -0.25) is 4.79 Å². The molecule has 0 aliphatic heterocycles. The molecule has 1 amide bonds. The second kappa shape index (κ2) is 5.60. The Morgan fingerprint density at radius 1 is 1.41 bits per heavy atom. The molecule has 2 N–H and O–H groups in total. The molecule has 0 radical (unpaired) electrons. The van der Waals surface area contributed by atoms with Crippen LogP contribution in [0.3, 0.4) is 0 Å². The molecule has 5 heteroatoms. The summed E-state index contributed by atoms with van der Waals surface area (Å²) in [6.07, 6.45) is 0. The van der Waals surface area contributed by atoms with Crippen LogP contribution in [0.5, 0.6) is 0 Å². The largest absolute Gasteiger partial charge is 0.325 e. The number of carbonyl (C=O) groups excluding carboxylic acids is 1. The van der Waals surface area contributed by atoms with Crippen molar-refractivity contribution >= 4 is 27.5 Å². The van der Waals surface area contributed by atoms with E-state index in [1.807, 2.05) is 20.8 Å². The number of carbonyl (C=O) groups is 1. The van der Waals surface area contributed by atoms with Crippen molar-refractivity contribution in [2.75, 3.05) is 11.9 Å². The van der Waals surface area contributed by atoms with Crippen molar-refractivity contribution in [1.82, 2.24) is 5.32 Å². The zero-order valence-electron chi connectivity index (χ0n) is 10.1. The molecule has 0 heterocycles. The summed E-state index contributed by atoms with van der Waals surface area (Å²) in [5.74, 6) is -0.505. The summed E-state index contributed by atoms with van der Waals surface area (Å²) in [4.78, 5) is 11.6. The Morgan fingerprint density at radius 3 is 2.59 bits per heavy atom. The lowest BCUT2D eigenvalue weighted by atomic mass is 10.1. The van der Waals surface area contributed by atoms with E-state index in [9.17, 15) is 9.18 Å². The molecule has 1 aromatic carbocycles. The molecule has 0 bridgehead atoms. The summed E-state index contributed by atoms with van der Waals surface area (Å²) in [6, 6.07) is 4.36. The number of benzene rings is 1. The van der Waals surface area contributed by atoms with Crippen LogP contribution in [0.2, 0.25) is 0 Å². The fraction of sp³-hybridized carbons (Fsp3) is 0.417. The van der Waals surface area contributed by atoms with Crippen molar-refractivity contribution in [1.29, 1.82) is 0 Å². The van der Waals surface area contributed by atoms with Crippen LogP contribution >= 0.6 is 15.9 Å². The Kier molecular flexibility index (Phi) is 4.65. The third-order valence-electron chi connectivity index (χ3n) is 1.98. The van der Waals surface area contributed by atoms with Crippen LogP contribution in [0.4, 0.5) is 10.1 Å². The van der Waals surface area contributed by atoms with E-state index in [0.29, 0.717) is 10.2 Å². The van der Waals surface area contributed by atoms with E-state index in [4.69, 9.17) is 0 Å². The molecule has 0 saturated heterocycles. The highest BCUT2D eigenvalue weighted by Crippen LogP contribution is 2.19. The van der Waals surface area contributed by atoms with Gasteiger partial charge in [0.15, 0.2) is 0 Å². The molecular formula is C12H16BrFN2O. The molecule has 17 heavy (non-hydrogen) atoms. The second-order valence-electron chi connectivity index (χ2n) is 4.78. The topological polar surface area (TPSA) is 41.1 Å². The van der Waals surface area contributed by atoms with E-state index < -0.39 is 0 Å². The summed E-state index contributed by atoms with van der Waals surface area (Å²) >= 11 is 3.06. The summed E-state index contributed by atoms with van der Waals surface area (Å²) in [7, 11) is 0. The maximum atomic E-state index is 13.0. The van der Waals surface area contributed by atoms with Crippen LogP contribution < -0.4 is 10.6 Å². The minimum Gasteiger partial charge on any atom is -0.325 e. The van der Waals surface area contributed by atoms with E-state index in [2.05, 4.69) is 26.6 Å². The normalized spacial score (nSPS) is 11.4. The van der Waals surface area contributed by atoms with Crippen molar-refractivity contribution in [3.05, 3.63) is 28.5 Å². The number of nitrogens with one attached hydrogen (secondary N) is 2. The molecule has 1 rings (SSSR count). The van der Waals surface area contributed by atoms with Gasteiger partial charge in [-0.1, -0.05) is 0 Å². The molecule has 94 valence electrons. The van der Waals surface area contributed by atoms with Gasteiger partial charge >= 0.3 is 0 Å². The minimum absolute atomic E-state index is 0.110. The first kappa shape index (κ1) is 14.1. The molecule has 0 spiro atoms. The molecule has 3 nitrogen and oxygen atoms in total. The first-order valence-corrected chi connectivity index (χ1v) is 6.07. The highest BCUT2D eigenvalue weighted by molar-refractivity contribution is 9.10. The Morgan fingerprint density at radius 2 is 2.06 bits per heavy atom. The van der Waals surface area contributed by atoms with Gasteiger partial charge in [0.25, 0.3) is 0 Å². The quantitative estimate of drug-likeness (QED) is 0.901. The first-order valence-electron chi connectivity index (χ1n) is 5.28. The number of halogens is 2. The second-order valence-corrected chi connectivity index (χ2v) is 5.63. The molecular weight excluding hydrogens is 287 g/mol. The molecule has 1 aromatic rings.